The summed E-state index contributed by atoms with van der Waals surface area (Å²) in [5.41, 5.74) is 0.354. The minimum absolute atomic E-state index is 0.354. The lowest BCUT2D eigenvalue weighted by Gasteiger charge is -2.03. The normalized spacial score (nSPS) is 9.77. The summed E-state index contributed by atoms with van der Waals surface area (Å²) in [6.45, 7) is 2.49. The molecular formula is C8H12N2O3. The maximum absolute atomic E-state index is 11.3. The third-order valence-corrected chi connectivity index (χ3v) is 1.70. The Bertz CT molecular complexity index is 285. The molecule has 0 bridgehead atoms. The van der Waals surface area contributed by atoms with E-state index in [1.165, 1.54) is 25.1 Å². The van der Waals surface area contributed by atoms with Crippen LogP contribution in [0.4, 0.5) is 0 Å². The summed E-state index contributed by atoms with van der Waals surface area (Å²) in [5, 5.41) is 3.97. The highest BCUT2D eigenvalue weighted by atomic mass is 16.5. The van der Waals surface area contributed by atoms with E-state index in [1.807, 2.05) is 6.92 Å². The highest BCUT2D eigenvalue weighted by Crippen LogP contribution is 2.17. The Labute approximate surface area is 76.3 Å². The van der Waals surface area contributed by atoms with Crippen molar-refractivity contribution in [3.8, 4) is 5.75 Å². The first-order valence-corrected chi connectivity index (χ1v) is 3.92. The number of hydrogen-bond donors (Lipinski definition) is 0. The van der Waals surface area contributed by atoms with Crippen LogP contribution in [0.3, 0.4) is 0 Å². The van der Waals surface area contributed by atoms with Gasteiger partial charge in [0.15, 0.2) is 11.4 Å². The highest BCUT2D eigenvalue weighted by Gasteiger charge is 2.18. The summed E-state index contributed by atoms with van der Waals surface area (Å²) in [5.74, 6) is 0.00454. The van der Waals surface area contributed by atoms with Gasteiger partial charge in [-0.05, 0) is 6.92 Å². The molecule has 0 amide bonds. The summed E-state index contributed by atoms with van der Waals surface area (Å²) in [4.78, 5) is 11.3. The fourth-order valence-corrected chi connectivity index (χ4v) is 1.06. The van der Waals surface area contributed by atoms with Gasteiger partial charge in [-0.3, -0.25) is 4.68 Å². The molecule has 0 saturated carbocycles. The van der Waals surface area contributed by atoms with Crippen molar-refractivity contribution in [2.24, 2.45) is 0 Å². The van der Waals surface area contributed by atoms with Crippen LogP contribution in [0.15, 0.2) is 6.20 Å². The number of esters is 1. The molecule has 0 aliphatic carbocycles. The Hall–Kier alpha value is -1.52. The van der Waals surface area contributed by atoms with Crippen LogP contribution in [0.25, 0.3) is 0 Å². The van der Waals surface area contributed by atoms with Gasteiger partial charge in [-0.1, -0.05) is 0 Å². The van der Waals surface area contributed by atoms with Crippen molar-refractivity contribution < 1.29 is 14.3 Å². The molecule has 0 fully saturated rings. The number of nitrogens with zero attached hydrogens (tertiary/aromatic N) is 2. The molecule has 0 aromatic carbocycles. The first-order chi connectivity index (χ1) is 6.24. The zero-order valence-corrected chi connectivity index (χ0v) is 7.90. The number of ether oxygens (including phenoxy) is 2. The second kappa shape index (κ2) is 3.93. The Balaban J connectivity index is 3.12. The number of methoxy groups -OCH3 is 2. The predicted molar refractivity (Wildman–Crippen MR) is 45.8 cm³/mol. The molecule has 0 atom stereocenters. The molecule has 1 aromatic rings. The van der Waals surface area contributed by atoms with Crippen LogP contribution in [-0.2, 0) is 11.3 Å². The van der Waals surface area contributed by atoms with Crippen molar-refractivity contribution in [1.29, 1.82) is 0 Å². The quantitative estimate of drug-likeness (QED) is 0.649. The molecule has 0 unspecified atom stereocenters. The van der Waals surface area contributed by atoms with Crippen molar-refractivity contribution >= 4 is 5.97 Å². The molecule has 0 aliphatic rings. The molecule has 0 spiro atoms. The van der Waals surface area contributed by atoms with Gasteiger partial charge in [-0.2, -0.15) is 5.10 Å². The third kappa shape index (κ3) is 1.63. The summed E-state index contributed by atoms with van der Waals surface area (Å²) in [6.07, 6.45) is 1.50. The molecule has 1 heterocycles. The summed E-state index contributed by atoms with van der Waals surface area (Å²) < 4.78 is 11.1. The van der Waals surface area contributed by atoms with Crippen LogP contribution in [0.2, 0.25) is 0 Å². The molecule has 0 N–H and O–H groups in total. The number of aromatic nitrogens is 2. The average Bonchev–Trinajstić information content (AvgIpc) is 2.59. The molecule has 0 aliphatic heterocycles. The molecule has 72 valence electrons. The van der Waals surface area contributed by atoms with E-state index in [0.717, 1.165) is 0 Å². The molecule has 1 aromatic heterocycles. The van der Waals surface area contributed by atoms with Gasteiger partial charge in [-0.25, -0.2) is 4.79 Å². The molecule has 0 saturated heterocycles. The fraction of sp³-hybridized carbons (Fsp3) is 0.500. The zero-order valence-electron chi connectivity index (χ0n) is 7.90. The van der Waals surface area contributed by atoms with Crippen LogP contribution < -0.4 is 4.74 Å². The van der Waals surface area contributed by atoms with E-state index in [-0.39, 0.29) is 0 Å². The zero-order chi connectivity index (χ0) is 9.84. The lowest BCUT2D eigenvalue weighted by atomic mass is 10.4. The van der Waals surface area contributed by atoms with E-state index < -0.39 is 5.97 Å². The lowest BCUT2D eigenvalue weighted by Crippen LogP contribution is -2.11. The number of aryl methyl sites for hydroxylation is 1. The van der Waals surface area contributed by atoms with Gasteiger partial charge in [0.2, 0.25) is 0 Å². The SMILES string of the molecule is CCn1ncc(OC)c1C(=O)OC. The molecule has 1 rings (SSSR count). The van der Waals surface area contributed by atoms with Gasteiger partial charge in [0.1, 0.15) is 0 Å². The van der Waals surface area contributed by atoms with Crippen LogP contribution in [0.5, 0.6) is 5.75 Å². The van der Waals surface area contributed by atoms with Crippen LogP contribution in [0, 0.1) is 0 Å². The van der Waals surface area contributed by atoms with Gasteiger partial charge in [0.05, 0.1) is 20.4 Å². The standard InChI is InChI=1S/C8H12N2O3/c1-4-10-7(8(11)13-3)6(12-2)5-9-10/h5H,4H2,1-3H3. The summed E-state index contributed by atoms with van der Waals surface area (Å²) >= 11 is 0. The molecular weight excluding hydrogens is 172 g/mol. The first-order valence-electron chi connectivity index (χ1n) is 3.92. The summed E-state index contributed by atoms with van der Waals surface area (Å²) in [7, 11) is 2.82. The first kappa shape index (κ1) is 9.57. The second-order valence-corrected chi connectivity index (χ2v) is 2.37. The molecule has 13 heavy (non-hydrogen) atoms. The lowest BCUT2D eigenvalue weighted by molar-refractivity contribution is 0.0583. The maximum Gasteiger partial charge on any atom is 0.360 e. The van der Waals surface area contributed by atoms with E-state index in [2.05, 4.69) is 9.84 Å². The maximum atomic E-state index is 11.3. The third-order valence-electron chi connectivity index (χ3n) is 1.70. The van der Waals surface area contributed by atoms with Crippen molar-refractivity contribution in [3.05, 3.63) is 11.9 Å². The monoisotopic (exact) mass is 184 g/mol. The average molecular weight is 184 g/mol. The van der Waals surface area contributed by atoms with E-state index in [0.29, 0.717) is 18.0 Å². The Kier molecular flexibility index (Phi) is 2.89. The van der Waals surface area contributed by atoms with Crippen molar-refractivity contribution in [1.82, 2.24) is 9.78 Å². The van der Waals surface area contributed by atoms with Crippen LogP contribution in [-0.4, -0.2) is 30.0 Å². The molecule has 0 radical (unpaired) electrons. The largest absolute Gasteiger partial charge is 0.493 e. The van der Waals surface area contributed by atoms with Crippen LogP contribution in [0.1, 0.15) is 17.4 Å². The van der Waals surface area contributed by atoms with Gasteiger partial charge in [0.25, 0.3) is 0 Å². The van der Waals surface area contributed by atoms with E-state index in [9.17, 15) is 4.79 Å². The Morgan fingerprint density at radius 3 is 2.77 bits per heavy atom. The van der Waals surface area contributed by atoms with Gasteiger partial charge < -0.3 is 9.47 Å². The topological polar surface area (TPSA) is 53.4 Å². The van der Waals surface area contributed by atoms with Crippen molar-refractivity contribution in [2.75, 3.05) is 14.2 Å². The number of carbonyl (C=O) groups excluding carboxylic acids is 1. The predicted octanol–water partition coefficient (Wildman–Crippen LogP) is 0.698. The Morgan fingerprint density at radius 1 is 1.62 bits per heavy atom. The Morgan fingerprint density at radius 2 is 2.31 bits per heavy atom. The van der Waals surface area contributed by atoms with Gasteiger partial charge in [0, 0.05) is 6.54 Å². The van der Waals surface area contributed by atoms with E-state index >= 15 is 0 Å². The van der Waals surface area contributed by atoms with E-state index in [4.69, 9.17) is 4.74 Å². The molecule has 5 nitrogen and oxygen atoms in total. The second-order valence-electron chi connectivity index (χ2n) is 2.37. The molecule has 5 heteroatoms. The van der Waals surface area contributed by atoms with Gasteiger partial charge >= 0.3 is 5.97 Å². The minimum Gasteiger partial charge on any atom is -0.493 e. The van der Waals surface area contributed by atoms with Crippen LogP contribution >= 0.6 is 0 Å². The minimum atomic E-state index is -0.434. The smallest absolute Gasteiger partial charge is 0.360 e. The van der Waals surface area contributed by atoms with E-state index in [1.54, 1.807) is 0 Å². The number of carbonyl (C=O) groups is 1. The fourth-order valence-electron chi connectivity index (χ4n) is 1.06. The van der Waals surface area contributed by atoms with Gasteiger partial charge in [-0.15, -0.1) is 0 Å². The number of hydrogen-bond acceptors (Lipinski definition) is 4. The number of rotatable bonds is 3. The van der Waals surface area contributed by atoms with Crippen molar-refractivity contribution in [3.63, 3.8) is 0 Å². The summed E-state index contributed by atoms with van der Waals surface area (Å²) in [6, 6.07) is 0. The van der Waals surface area contributed by atoms with Crippen molar-refractivity contribution in [2.45, 2.75) is 13.5 Å². The highest BCUT2D eigenvalue weighted by molar-refractivity contribution is 5.90.